The van der Waals surface area contributed by atoms with E-state index in [0.717, 1.165) is 5.56 Å². The van der Waals surface area contributed by atoms with Gasteiger partial charge in [0.2, 0.25) is 11.8 Å². The molecule has 2 heterocycles. The molecule has 1 unspecified atom stereocenters. The molecule has 7 nitrogen and oxygen atoms in total. The molecule has 0 saturated carbocycles. The van der Waals surface area contributed by atoms with E-state index < -0.39 is 6.04 Å². The number of aryl methyl sites for hydroxylation is 2. The van der Waals surface area contributed by atoms with Crippen LogP contribution in [-0.4, -0.2) is 22.8 Å². The van der Waals surface area contributed by atoms with E-state index in [4.69, 9.17) is 8.83 Å². The van der Waals surface area contributed by atoms with Gasteiger partial charge >= 0.3 is 0 Å². The number of hydrogen-bond acceptors (Lipinski definition) is 5. The number of carbonyl (C=O) groups excluding carboxylic acids is 2. The van der Waals surface area contributed by atoms with Crippen LogP contribution in [0.1, 0.15) is 30.6 Å². The van der Waals surface area contributed by atoms with Crippen LogP contribution in [0.3, 0.4) is 0 Å². The Labute approximate surface area is 163 Å². The van der Waals surface area contributed by atoms with Crippen LogP contribution in [0, 0.1) is 6.92 Å². The smallest absolute Gasteiger partial charge is 0.242 e. The highest BCUT2D eigenvalue weighted by Gasteiger charge is 2.16. The summed E-state index contributed by atoms with van der Waals surface area (Å²) in [6.45, 7) is 3.94. The van der Waals surface area contributed by atoms with E-state index in [1.54, 1.807) is 31.5 Å². The summed E-state index contributed by atoms with van der Waals surface area (Å²) in [7, 11) is 0. The number of carbonyl (C=O) groups is 2. The van der Waals surface area contributed by atoms with Gasteiger partial charge in [-0.2, -0.15) is 0 Å². The van der Waals surface area contributed by atoms with Gasteiger partial charge in [-0.1, -0.05) is 29.8 Å². The van der Waals surface area contributed by atoms with E-state index in [0.29, 0.717) is 23.8 Å². The first kappa shape index (κ1) is 19.4. The maximum atomic E-state index is 12.1. The van der Waals surface area contributed by atoms with E-state index in [2.05, 4.69) is 15.6 Å². The molecule has 0 radical (unpaired) electrons. The molecule has 7 heteroatoms. The van der Waals surface area contributed by atoms with E-state index >= 15 is 0 Å². The Morgan fingerprint density at radius 1 is 1.18 bits per heavy atom. The molecule has 2 aromatic heterocycles. The van der Waals surface area contributed by atoms with Crippen LogP contribution < -0.4 is 10.6 Å². The summed E-state index contributed by atoms with van der Waals surface area (Å²) in [5.41, 5.74) is 2.11. The van der Waals surface area contributed by atoms with Crippen LogP contribution >= 0.6 is 0 Å². The normalized spacial score (nSPS) is 11.8. The first-order chi connectivity index (χ1) is 13.5. The first-order valence-corrected chi connectivity index (χ1v) is 9.12. The summed E-state index contributed by atoms with van der Waals surface area (Å²) in [6.07, 6.45) is 3.74. The number of rotatable bonds is 8. The molecule has 0 fully saturated rings. The van der Waals surface area contributed by atoms with Gasteiger partial charge in [-0.15, -0.1) is 0 Å². The lowest BCUT2D eigenvalue weighted by molar-refractivity contribution is -0.128. The molecule has 0 aliphatic heterocycles. The molecule has 2 N–H and O–H groups in total. The number of nitrogens with zero attached hydrogens (tertiary/aromatic N) is 1. The van der Waals surface area contributed by atoms with Gasteiger partial charge in [-0.3, -0.25) is 9.59 Å². The summed E-state index contributed by atoms with van der Waals surface area (Å²) in [4.78, 5) is 28.4. The second-order valence-corrected chi connectivity index (χ2v) is 6.57. The Bertz CT molecular complexity index is 914. The first-order valence-electron chi connectivity index (χ1n) is 9.12. The minimum absolute atomic E-state index is 0.184. The fourth-order valence-electron chi connectivity index (χ4n) is 2.62. The van der Waals surface area contributed by atoms with Crippen molar-refractivity contribution in [3.05, 3.63) is 66.1 Å². The van der Waals surface area contributed by atoms with Crippen molar-refractivity contribution in [2.24, 2.45) is 0 Å². The molecule has 146 valence electrons. The van der Waals surface area contributed by atoms with Crippen molar-refractivity contribution >= 4 is 11.8 Å². The maximum Gasteiger partial charge on any atom is 0.242 e. The predicted octanol–water partition coefficient (Wildman–Crippen LogP) is 3.00. The molecule has 2 amide bonds. The molecule has 1 aromatic carbocycles. The molecule has 0 aliphatic carbocycles. The molecular formula is C21H23N3O4. The lowest BCUT2D eigenvalue weighted by atomic mass is 10.1. The van der Waals surface area contributed by atoms with Crippen molar-refractivity contribution in [2.45, 2.75) is 39.3 Å². The molecule has 0 bridgehead atoms. The van der Waals surface area contributed by atoms with Gasteiger partial charge in [0.25, 0.3) is 0 Å². The molecule has 0 saturated heterocycles. The molecule has 28 heavy (non-hydrogen) atoms. The van der Waals surface area contributed by atoms with Crippen LogP contribution in [-0.2, 0) is 22.6 Å². The van der Waals surface area contributed by atoms with Gasteiger partial charge in [0.05, 0.1) is 19.0 Å². The third-order valence-corrected chi connectivity index (χ3v) is 4.24. The highest BCUT2D eigenvalue weighted by atomic mass is 16.4. The fraction of sp³-hybridized carbons (Fsp3) is 0.286. The SMILES string of the molecule is Cc1ccc(-c2cnc(CCC(=O)NC(C)C(=O)NCc3ccco3)o2)cc1. The predicted molar refractivity (Wildman–Crippen MR) is 103 cm³/mol. The van der Waals surface area contributed by atoms with E-state index in [9.17, 15) is 9.59 Å². The average molecular weight is 381 g/mol. The summed E-state index contributed by atoms with van der Waals surface area (Å²) < 4.78 is 10.9. The van der Waals surface area contributed by atoms with Crippen molar-refractivity contribution in [3.63, 3.8) is 0 Å². The highest BCUT2D eigenvalue weighted by Crippen LogP contribution is 2.21. The molecule has 0 spiro atoms. The molecule has 3 aromatic rings. The van der Waals surface area contributed by atoms with E-state index in [1.165, 1.54) is 5.56 Å². The third-order valence-electron chi connectivity index (χ3n) is 4.24. The second kappa shape index (κ2) is 9.03. The van der Waals surface area contributed by atoms with E-state index in [1.807, 2.05) is 31.2 Å². The number of oxazole rings is 1. The fourth-order valence-corrected chi connectivity index (χ4v) is 2.62. The van der Waals surface area contributed by atoms with E-state index in [-0.39, 0.29) is 24.8 Å². The molecular weight excluding hydrogens is 358 g/mol. The van der Waals surface area contributed by atoms with Gasteiger partial charge in [0, 0.05) is 18.4 Å². The van der Waals surface area contributed by atoms with Gasteiger partial charge in [0.15, 0.2) is 11.7 Å². The zero-order chi connectivity index (χ0) is 19.9. The van der Waals surface area contributed by atoms with Crippen molar-refractivity contribution in [3.8, 4) is 11.3 Å². The topological polar surface area (TPSA) is 97.4 Å². The zero-order valence-electron chi connectivity index (χ0n) is 15.9. The van der Waals surface area contributed by atoms with Crippen LogP contribution in [0.15, 0.2) is 57.7 Å². The number of benzene rings is 1. The minimum atomic E-state index is -0.643. The lowest BCUT2D eigenvalue weighted by Crippen LogP contribution is -2.44. The summed E-state index contributed by atoms with van der Waals surface area (Å²) in [6, 6.07) is 10.8. The number of amides is 2. The number of nitrogens with one attached hydrogen (secondary N) is 2. The van der Waals surface area contributed by atoms with Crippen LogP contribution in [0.4, 0.5) is 0 Å². The third kappa shape index (κ3) is 5.33. The van der Waals surface area contributed by atoms with Gasteiger partial charge < -0.3 is 19.5 Å². The monoisotopic (exact) mass is 381 g/mol. The Morgan fingerprint density at radius 2 is 1.96 bits per heavy atom. The van der Waals surface area contributed by atoms with Gasteiger partial charge in [-0.25, -0.2) is 4.98 Å². The van der Waals surface area contributed by atoms with Crippen LogP contribution in [0.25, 0.3) is 11.3 Å². The summed E-state index contributed by atoms with van der Waals surface area (Å²) in [5, 5.41) is 5.38. The largest absolute Gasteiger partial charge is 0.467 e. The summed E-state index contributed by atoms with van der Waals surface area (Å²) in [5.74, 6) is 1.29. The Kier molecular flexibility index (Phi) is 6.26. The van der Waals surface area contributed by atoms with Crippen molar-refractivity contribution < 1.29 is 18.4 Å². The summed E-state index contributed by atoms with van der Waals surface area (Å²) >= 11 is 0. The highest BCUT2D eigenvalue weighted by molar-refractivity contribution is 5.87. The van der Waals surface area contributed by atoms with Gasteiger partial charge in [-0.05, 0) is 26.0 Å². The number of aromatic nitrogens is 1. The maximum absolute atomic E-state index is 12.1. The number of furan rings is 1. The molecule has 3 rings (SSSR count). The van der Waals surface area contributed by atoms with Crippen molar-refractivity contribution in [2.75, 3.05) is 0 Å². The van der Waals surface area contributed by atoms with Gasteiger partial charge in [0.1, 0.15) is 11.8 Å². The standard InChI is InChI=1S/C21H23N3O4/c1-14-5-7-16(8-6-14)18-13-22-20(28-18)10-9-19(25)24-15(2)21(26)23-12-17-4-3-11-27-17/h3-8,11,13,15H,9-10,12H2,1-2H3,(H,23,26)(H,24,25). The van der Waals surface area contributed by atoms with Crippen molar-refractivity contribution in [1.29, 1.82) is 0 Å². The zero-order valence-corrected chi connectivity index (χ0v) is 15.9. The quantitative estimate of drug-likeness (QED) is 0.625. The molecule has 0 aliphatic rings. The molecule has 1 atom stereocenters. The van der Waals surface area contributed by atoms with Crippen molar-refractivity contribution in [1.82, 2.24) is 15.6 Å². The number of hydrogen-bond donors (Lipinski definition) is 2. The minimum Gasteiger partial charge on any atom is -0.467 e. The average Bonchev–Trinajstić information content (AvgIpc) is 3.37. The Hall–Kier alpha value is -3.35. The van der Waals surface area contributed by atoms with Crippen LogP contribution in [0.2, 0.25) is 0 Å². The van der Waals surface area contributed by atoms with Crippen LogP contribution in [0.5, 0.6) is 0 Å². The lowest BCUT2D eigenvalue weighted by Gasteiger charge is -2.13. The Morgan fingerprint density at radius 3 is 2.68 bits per heavy atom. The second-order valence-electron chi connectivity index (χ2n) is 6.57. The Balaban J connectivity index is 1.43.